The minimum atomic E-state index is -0.111. The molecule has 106 valence electrons. The third kappa shape index (κ3) is 5.03. The van der Waals surface area contributed by atoms with Crippen molar-refractivity contribution in [2.24, 2.45) is 11.1 Å². The van der Waals surface area contributed by atoms with Crippen LogP contribution in [0.3, 0.4) is 0 Å². The summed E-state index contributed by atoms with van der Waals surface area (Å²) in [6.07, 6.45) is 0.395. The summed E-state index contributed by atoms with van der Waals surface area (Å²) in [4.78, 5) is 13.9. The monoisotopic (exact) mass is 262 g/mol. The number of carbonyl (C=O) groups excluding carboxylic acids is 1. The second-order valence-electron chi connectivity index (χ2n) is 6.42. The highest BCUT2D eigenvalue weighted by Gasteiger charge is 2.24. The Morgan fingerprint density at radius 2 is 2.00 bits per heavy atom. The van der Waals surface area contributed by atoms with Crippen molar-refractivity contribution in [3.05, 3.63) is 35.4 Å². The maximum atomic E-state index is 12.1. The van der Waals surface area contributed by atoms with Crippen LogP contribution < -0.4 is 5.73 Å². The summed E-state index contributed by atoms with van der Waals surface area (Å²) in [7, 11) is 1.83. The van der Waals surface area contributed by atoms with Gasteiger partial charge in [0.05, 0.1) is 0 Å². The Hall–Kier alpha value is -1.35. The lowest BCUT2D eigenvalue weighted by atomic mass is 9.85. The van der Waals surface area contributed by atoms with Crippen LogP contribution in [0.2, 0.25) is 0 Å². The average molecular weight is 262 g/mol. The average Bonchev–Trinajstić information content (AvgIpc) is 2.27. The van der Waals surface area contributed by atoms with E-state index in [2.05, 4.69) is 39.8 Å². The molecule has 3 nitrogen and oxygen atoms in total. The molecule has 2 N–H and O–H groups in total. The summed E-state index contributed by atoms with van der Waals surface area (Å²) in [5.41, 5.74) is 8.38. The Kier molecular flexibility index (Phi) is 5.12. The van der Waals surface area contributed by atoms with Crippen LogP contribution in [0.25, 0.3) is 0 Å². The number of hydrogen-bond donors (Lipinski definition) is 1. The maximum absolute atomic E-state index is 12.1. The number of amides is 1. The van der Waals surface area contributed by atoms with Crippen molar-refractivity contribution in [1.29, 1.82) is 0 Å². The molecule has 0 saturated carbocycles. The van der Waals surface area contributed by atoms with E-state index in [1.54, 1.807) is 4.90 Å². The highest BCUT2D eigenvalue weighted by atomic mass is 16.2. The Balaban J connectivity index is 2.58. The van der Waals surface area contributed by atoms with Crippen LogP contribution in [0.5, 0.6) is 0 Å². The molecule has 0 fully saturated rings. The molecular formula is C16H26N2O. The van der Waals surface area contributed by atoms with Gasteiger partial charge in [-0.15, -0.1) is 0 Å². The van der Waals surface area contributed by atoms with Gasteiger partial charge in [0.1, 0.15) is 0 Å². The van der Waals surface area contributed by atoms with Crippen molar-refractivity contribution in [2.75, 3.05) is 7.05 Å². The molecule has 1 atom stereocenters. The number of aryl methyl sites for hydroxylation is 1. The van der Waals surface area contributed by atoms with Gasteiger partial charge in [0.25, 0.3) is 0 Å². The van der Waals surface area contributed by atoms with Crippen molar-refractivity contribution in [3.8, 4) is 0 Å². The van der Waals surface area contributed by atoms with E-state index in [4.69, 9.17) is 5.73 Å². The van der Waals surface area contributed by atoms with E-state index in [1.165, 1.54) is 5.56 Å². The first kappa shape index (κ1) is 15.7. The van der Waals surface area contributed by atoms with Crippen LogP contribution >= 0.6 is 0 Å². The molecule has 0 aliphatic rings. The Labute approximate surface area is 116 Å². The lowest BCUT2D eigenvalue weighted by Gasteiger charge is -2.28. The molecule has 0 bridgehead atoms. The minimum absolute atomic E-state index is 0.0418. The van der Waals surface area contributed by atoms with Crippen LogP contribution in [-0.2, 0) is 11.3 Å². The normalized spacial score (nSPS) is 13.2. The van der Waals surface area contributed by atoms with Gasteiger partial charge in [-0.25, -0.2) is 0 Å². The van der Waals surface area contributed by atoms with Gasteiger partial charge in [0.2, 0.25) is 5.91 Å². The van der Waals surface area contributed by atoms with Gasteiger partial charge >= 0.3 is 0 Å². The number of carbonyl (C=O) groups is 1. The molecule has 1 aromatic rings. The summed E-state index contributed by atoms with van der Waals surface area (Å²) in [6, 6.07) is 8.11. The Morgan fingerprint density at radius 3 is 2.53 bits per heavy atom. The van der Waals surface area contributed by atoms with E-state index in [0.29, 0.717) is 13.0 Å². The fourth-order valence-electron chi connectivity index (χ4n) is 1.82. The van der Waals surface area contributed by atoms with Gasteiger partial charge < -0.3 is 10.6 Å². The van der Waals surface area contributed by atoms with Crippen molar-refractivity contribution in [1.82, 2.24) is 4.90 Å². The van der Waals surface area contributed by atoms with Gasteiger partial charge in [-0.1, -0.05) is 50.6 Å². The van der Waals surface area contributed by atoms with E-state index in [-0.39, 0.29) is 17.4 Å². The highest BCUT2D eigenvalue weighted by Crippen LogP contribution is 2.20. The SMILES string of the molecule is Cc1cccc(CN(C)C(=O)CC(N)C(C)(C)C)c1. The number of benzene rings is 1. The fraction of sp³-hybridized carbons (Fsp3) is 0.562. The van der Waals surface area contributed by atoms with Crippen molar-refractivity contribution in [2.45, 2.75) is 46.7 Å². The summed E-state index contributed by atoms with van der Waals surface area (Å²) >= 11 is 0. The molecule has 0 aliphatic carbocycles. The standard InChI is InChI=1S/C16H26N2O/c1-12-7-6-8-13(9-12)11-18(5)15(19)10-14(17)16(2,3)4/h6-9,14H,10-11,17H2,1-5H3. The van der Waals surface area contributed by atoms with E-state index in [9.17, 15) is 4.79 Å². The van der Waals surface area contributed by atoms with Crippen molar-refractivity contribution in [3.63, 3.8) is 0 Å². The lowest BCUT2D eigenvalue weighted by Crippen LogP contribution is -2.40. The molecule has 1 rings (SSSR count). The zero-order valence-corrected chi connectivity index (χ0v) is 12.7. The van der Waals surface area contributed by atoms with Crippen molar-refractivity contribution < 1.29 is 4.79 Å². The highest BCUT2D eigenvalue weighted by molar-refractivity contribution is 5.76. The molecule has 0 radical (unpaired) electrons. The molecular weight excluding hydrogens is 236 g/mol. The largest absolute Gasteiger partial charge is 0.341 e. The fourth-order valence-corrected chi connectivity index (χ4v) is 1.82. The molecule has 3 heteroatoms. The first-order valence-electron chi connectivity index (χ1n) is 6.75. The van der Waals surface area contributed by atoms with Crippen LogP contribution in [0.1, 0.15) is 38.3 Å². The second kappa shape index (κ2) is 6.20. The number of nitrogens with two attached hydrogens (primary N) is 1. The van der Waals surface area contributed by atoms with Gasteiger partial charge in [-0.2, -0.15) is 0 Å². The number of nitrogens with zero attached hydrogens (tertiary/aromatic N) is 1. The predicted octanol–water partition coefficient (Wildman–Crippen LogP) is 2.72. The first-order valence-corrected chi connectivity index (χ1v) is 6.75. The van der Waals surface area contributed by atoms with Crippen LogP contribution in [0, 0.1) is 12.3 Å². The zero-order chi connectivity index (χ0) is 14.6. The smallest absolute Gasteiger partial charge is 0.224 e. The molecule has 1 amide bonds. The molecule has 0 spiro atoms. The summed E-state index contributed by atoms with van der Waals surface area (Å²) in [6.45, 7) is 8.88. The third-order valence-electron chi connectivity index (χ3n) is 3.43. The van der Waals surface area contributed by atoms with Gasteiger partial charge in [0.15, 0.2) is 0 Å². The lowest BCUT2D eigenvalue weighted by molar-refractivity contribution is -0.131. The Bertz CT molecular complexity index is 435. The first-order chi connectivity index (χ1) is 8.70. The Morgan fingerprint density at radius 1 is 1.37 bits per heavy atom. The summed E-state index contributed by atoms with van der Waals surface area (Å²) in [5, 5.41) is 0. The molecule has 0 heterocycles. The predicted molar refractivity (Wildman–Crippen MR) is 79.7 cm³/mol. The van der Waals surface area contributed by atoms with Crippen molar-refractivity contribution >= 4 is 5.91 Å². The minimum Gasteiger partial charge on any atom is -0.341 e. The maximum Gasteiger partial charge on any atom is 0.224 e. The molecule has 19 heavy (non-hydrogen) atoms. The quantitative estimate of drug-likeness (QED) is 0.907. The van der Waals surface area contributed by atoms with Crippen LogP contribution in [0.4, 0.5) is 0 Å². The van der Waals surface area contributed by atoms with Gasteiger partial charge in [-0.05, 0) is 17.9 Å². The van der Waals surface area contributed by atoms with Crippen LogP contribution in [0.15, 0.2) is 24.3 Å². The molecule has 1 aromatic carbocycles. The molecule has 0 saturated heterocycles. The van der Waals surface area contributed by atoms with E-state index in [0.717, 1.165) is 5.56 Å². The van der Waals surface area contributed by atoms with Crippen LogP contribution in [-0.4, -0.2) is 23.9 Å². The van der Waals surface area contributed by atoms with E-state index in [1.807, 2.05) is 19.2 Å². The molecule has 0 aromatic heterocycles. The van der Waals surface area contributed by atoms with E-state index < -0.39 is 0 Å². The number of hydrogen-bond acceptors (Lipinski definition) is 2. The third-order valence-corrected chi connectivity index (χ3v) is 3.43. The van der Waals surface area contributed by atoms with Gasteiger partial charge in [0, 0.05) is 26.1 Å². The molecule has 1 unspecified atom stereocenters. The van der Waals surface area contributed by atoms with E-state index >= 15 is 0 Å². The molecule has 0 aliphatic heterocycles. The van der Waals surface area contributed by atoms with Gasteiger partial charge in [-0.3, -0.25) is 4.79 Å². The second-order valence-corrected chi connectivity index (χ2v) is 6.42. The zero-order valence-electron chi connectivity index (χ0n) is 12.7. The summed E-state index contributed by atoms with van der Waals surface area (Å²) < 4.78 is 0. The summed E-state index contributed by atoms with van der Waals surface area (Å²) in [5.74, 6) is 0.101. The topological polar surface area (TPSA) is 46.3 Å². The number of rotatable bonds is 4.